The van der Waals surface area contributed by atoms with Gasteiger partial charge in [-0.3, -0.25) is 4.79 Å². The van der Waals surface area contributed by atoms with Crippen LogP contribution < -0.4 is 21.3 Å². The fraction of sp³-hybridized carbons (Fsp3) is 0.480. The van der Waals surface area contributed by atoms with Gasteiger partial charge in [0.05, 0.1) is 11.6 Å². The molecule has 2 heterocycles. The van der Waals surface area contributed by atoms with Crippen molar-refractivity contribution in [3.05, 3.63) is 46.8 Å². The van der Waals surface area contributed by atoms with Gasteiger partial charge in [0, 0.05) is 23.8 Å². The van der Waals surface area contributed by atoms with Crippen LogP contribution in [0.5, 0.6) is 0 Å². The first-order valence-corrected chi connectivity index (χ1v) is 11.7. The van der Waals surface area contributed by atoms with Crippen LogP contribution >= 0.6 is 0 Å². The Bertz CT molecular complexity index is 1100. The Hall–Kier alpha value is -3.36. The Kier molecular flexibility index (Phi) is 6.63. The third-order valence-corrected chi connectivity index (χ3v) is 5.96. The predicted molar refractivity (Wildman–Crippen MR) is 129 cm³/mol. The predicted octanol–water partition coefficient (Wildman–Crippen LogP) is 4.76. The number of hydrogen-bond donors (Lipinski definition) is 4. The Morgan fingerprint density at radius 3 is 2.62 bits per heavy atom. The van der Waals surface area contributed by atoms with Crippen LogP contribution in [-0.4, -0.2) is 34.7 Å². The summed E-state index contributed by atoms with van der Waals surface area (Å²) >= 11 is 0. The molecule has 182 valence electrons. The van der Waals surface area contributed by atoms with E-state index in [1.54, 1.807) is 0 Å². The molecule has 34 heavy (non-hydrogen) atoms. The highest BCUT2D eigenvalue weighted by Crippen LogP contribution is 2.33. The monoisotopic (exact) mass is 469 g/mol. The Morgan fingerprint density at radius 1 is 1.18 bits per heavy atom. The average Bonchev–Trinajstić information content (AvgIpc) is 3.13. The van der Waals surface area contributed by atoms with Crippen molar-refractivity contribution < 1.29 is 18.7 Å². The number of carbonyl (C=O) groups is 2. The number of anilines is 3. The number of aryl methyl sites for hydroxylation is 1. The largest absolute Gasteiger partial charge is 0.444 e. The molecule has 1 saturated carbocycles. The Morgan fingerprint density at radius 2 is 1.91 bits per heavy atom. The molecule has 0 radical (unpaired) electrons. The average molecular weight is 470 g/mol. The van der Waals surface area contributed by atoms with Crippen LogP contribution in [0.1, 0.15) is 67.9 Å². The molecule has 0 saturated heterocycles. The lowest BCUT2D eigenvalue weighted by atomic mass is 9.90. The number of benzene rings is 1. The number of aromatic nitrogens is 1. The van der Waals surface area contributed by atoms with Gasteiger partial charge in [-0.2, -0.15) is 0 Å². The van der Waals surface area contributed by atoms with Crippen molar-refractivity contribution in [1.82, 2.24) is 15.6 Å². The lowest BCUT2D eigenvalue weighted by molar-refractivity contribution is 0.0488. The van der Waals surface area contributed by atoms with Gasteiger partial charge in [-0.25, -0.2) is 14.2 Å². The first-order chi connectivity index (χ1) is 16.1. The molecular formula is C25H32FN5O3. The SMILES string of the molecule is Cc1cccc(Nc2nc(NC3CCCCC3NC(=O)OC(C)(C)C)c(F)c3c2C(=O)NC3)c1. The molecule has 1 aromatic carbocycles. The molecule has 1 aliphatic carbocycles. The summed E-state index contributed by atoms with van der Waals surface area (Å²) in [4.78, 5) is 29.3. The van der Waals surface area contributed by atoms with Gasteiger partial charge < -0.3 is 26.0 Å². The second kappa shape index (κ2) is 9.48. The number of rotatable bonds is 5. The van der Waals surface area contributed by atoms with Crippen molar-refractivity contribution in [2.24, 2.45) is 0 Å². The maximum absolute atomic E-state index is 15.4. The van der Waals surface area contributed by atoms with Crippen LogP contribution in [0.2, 0.25) is 0 Å². The molecule has 2 atom stereocenters. The summed E-state index contributed by atoms with van der Waals surface area (Å²) in [6.07, 6.45) is 2.90. The van der Waals surface area contributed by atoms with Gasteiger partial charge in [-0.15, -0.1) is 0 Å². The number of carbonyl (C=O) groups excluding carboxylic acids is 2. The molecule has 1 fully saturated rings. The standard InChI is InChI=1S/C25H32FN5O3/c1-14-8-7-9-15(12-14)28-21-19-16(13-27-23(19)32)20(26)22(31-21)29-17-10-5-6-11-18(17)30-24(33)34-25(2,3)4/h7-9,12,17-18H,5-6,10-11,13H2,1-4H3,(H,27,32)(H,30,33)(H2,28,29,31). The third kappa shape index (κ3) is 5.40. The van der Waals surface area contributed by atoms with Gasteiger partial charge >= 0.3 is 6.09 Å². The minimum Gasteiger partial charge on any atom is -0.444 e. The van der Waals surface area contributed by atoms with Crippen LogP contribution in [0.4, 0.5) is 26.5 Å². The van der Waals surface area contributed by atoms with Crippen LogP contribution in [0.3, 0.4) is 0 Å². The maximum Gasteiger partial charge on any atom is 0.407 e. The number of hydrogen-bond acceptors (Lipinski definition) is 6. The second-order valence-electron chi connectivity index (χ2n) is 9.94. The van der Waals surface area contributed by atoms with E-state index in [9.17, 15) is 9.59 Å². The number of halogens is 1. The lowest BCUT2D eigenvalue weighted by Gasteiger charge is -2.34. The molecule has 1 aromatic heterocycles. The molecule has 2 aromatic rings. The Labute approximate surface area is 199 Å². The van der Waals surface area contributed by atoms with E-state index in [-0.39, 0.29) is 41.5 Å². The fourth-order valence-corrected chi connectivity index (χ4v) is 4.44. The highest BCUT2D eigenvalue weighted by molar-refractivity contribution is 6.03. The summed E-state index contributed by atoms with van der Waals surface area (Å²) in [7, 11) is 0. The van der Waals surface area contributed by atoms with E-state index in [4.69, 9.17) is 4.74 Å². The third-order valence-electron chi connectivity index (χ3n) is 5.96. The van der Waals surface area contributed by atoms with Gasteiger partial charge in [-0.05, 0) is 58.2 Å². The number of ether oxygens (including phenoxy) is 1. The molecule has 4 N–H and O–H groups in total. The van der Waals surface area contributed by atoms with Gasteiger partial charge in [0.2, 0.25) is 0 Å². The zero-order valence-corrected chi connectivity index (χ0v) is 20.0. The highest BCUT2D eigenvalue weighted by Gasteiger charge is 2.33. The zero-order valence-electron chi connectivity index (χ0n) is 20.0. The number of alkyl carbamates (subject to hydrolysis) is 1. The summed E-state index contributed by atoms with van der Waals surface area (Å²) in [5, 5.41) is 12.0. The fourth-order valence-electron chi connectivity index (χ4n) is 4.44. The quantitative estimate of drug-likeness (QED) is 0.503. The molecule has 2 aliphatic rings. The molecule has 0 spiro atoms. The molecule has 4 rings (SSSR count). The lowest BCUT2D eigenvalue weighted by Crippen LogP contribution is -2.50. The van der Waals surface area contributed by atoms with Crippen LogP contribution in [0.15, 0.2) is 24.3 Å². The summed E-state index contributed by atoms with van der Waals surface area (Å²) < 4.78 is 20.8. The number of nitrogens with zero attached hydrogens (tertiary/aromatic N) is 1. The number of nitrogens with one attached hydrogen (secondary N) is 4. The normalized spacial score (nSPS) is 19.7. The van der Waals surface area contributed by atoms with Crippen molar-refractivity contribution >= 4 is 29.3 Å². The van der Waals surface area contributed by atoms with E-state index >= 15 is 4.39 Å². The molecule has 1 aliphatic heterocycles. The van der Waals surface area contributed by atoms with Crippen molar-refractivity contribution in [3.8, 4) is 0 Å². The highest BCUT2D eigenvalue weighted by atomic mass is 19.1. The topological polar surface area (TPSA) is 104 Å². The van der Waals surface area contributed by atoms with Crippen molar-refractivity contribution in [2.75, 3.05) is 10.6 Å². The van der Waals surface area contributed by atoms with Gasteiger partial charge in [0.1, 0.15) is 11.4 Å². The molecule has 8 nitrogen and oxygen atoms in total. The van der Waals surface area contributed by atoms with E-state index in [0.29, 0.717) is 5.82 Å². The first-order valence-electron chi connectivity index (χ1n) is 11.7. The smallest absolute Gasteiger partial charge is 0.407 e. The van der Waals surface area contributed by atoms with Gasteiger partial charge in [-0.1, -0.05) is 25.0 Å². The van der Waals surface area contributed by atoms with Gasteiger partial charge in [0.25, 0.3) is 5.91 Å². The summed E-state index contributed by atoms with van der Waals surface area (Å²) in [6.45, 7) is 7.50. The van der Waals surface area contributed by atoms with Crippen LogP contribution in [0.25, 0.3) is 0 Å². The van der Waals surface area contributed by atoms with E-state index in [1.807, 2.05) is 52.0 Å². The van der Waals surface area contributed by atoms with E-state index < -0.39 is 17.5 Å². The first kappa shape index (κ1) is 23.8. The van der Waals surface area contributed by atoms with Crippen molar-refractivity contribution in [3.63, 3.8) is 0 Å². The molecule has 9 heteroatoms. The van der Waals surface area contributed by atoms with E-state index in [1.165, 1.54) is 0 Å². The molecular weight excluding hydrogens is 437 g/mol. The summed E-state index contributed by atoms with van der Waals surface area (Å²) in [6, 6.07) is 7.21. The molecule has 0 bridgehead atoms. The van der Waals surface area contributed by atoms with Gasteiger partial charge in [0.15, 0.2) is 11.6 Å². The number of amides is 2. The van der Waals surface area contributed by atoms with Crippen molar-refractivity contribution in [2.45, 2.75) is 77.6 Å². The summed E-state index contributed by atoms with van der Waals surface area (Å²) in [5.74, 6) is -0.546. The molecule has 2 amide bonds. The zero-order chi connectivity index (χ0) is 24.5. The van der Waals surface area contributed by atoms with Crippen LogP contribution in [0, 0.1) is 12.7 Å². The Balaban J connectivity index is 1.60. The van der Waals surface area contributed by atoms with Crippen molar-refractivity contribution in [1.29, 1.82) is 0 Å². The molecule has 2 unspecified atom stereocenters. The minimum absolute atomic E-state index is 0.0632. The van der Waals surface area contributed by atoms with Crippen LogP contribution in [-0.2, 0) is 11.3 Å². The minimum atomic E-state index is -0.606. The number of pyridine rings is 1. The van der Waals surface area contributed by atoms with E-state index in [0.717, 1.165) is 36.9 Å². The summed E-state index contributed by atoms with van der Waals surface area (Å²) in [5.41, 5.74) is 1.70. The second-order valence-corrected chi connectivity index (χ2v) is 9.94. The number of fused-ring (bicyclic) bond motifs is 1. The van der Waals surface area contributed by atoms with E-state index in [2.05, 4.69) is 26.3 Å². The maximum atomic E-state index is 15.4.